The van der Waals surface area contributed by atoms with Crippen LogP contribution in [-0.4, -0.2) is 40.7 Å². The molecule has 3 heterocycles. The molecule has 0 saturated carbocycles. The number of esters is 1. The molecule has 0 saturated heterocycles. The maximum absolute atomic E-state index is 13.7. The van der Waals surface area contributed by atoms with E-state index in [1.54, 1.807) is 37.4 Å². The number of para-hydroxylation sites is 1. The zero-order valence-electron chi connectivity index (χ0n) is 25.1. The molecule has 5 aromatic carbocycles. The van der Waals surface area contributed by atoms with Crippen molar-refractivity contribution in [2.75, 3.05) is 13.7 Å². The highest BCUT2D eigenvalue weighted by Gasteiger charge is 2.53. The first kappa shape index (κ1) is 28.3. The quantitative estimate of drug-likeness (QED) is 0.151. The van der Waals surface area contributed by atoms with E-state index in [4.69, 9.17) is 14.2 Å². The minimum Gasteiger partial charge on any atom is -0.508 e. The number of benzene rings is 5. The Morgan fingerprint density at radius 1 is 0.872 bits per heavy atom. The van der Waals surface area contributed by atoms with Crippen LogP contribution in [0.1, 0.15) is 54.5 Å². The Kier molecular flexibility index (Phi) is 6.43. The number of carbonyl (C=O) groups excluding carboxylic acids is 2. The van der Waals surface area contributed by atoms with Crippen LogP contribution in [0.4, 0.5) is 0 Å². The molecule has 2 aliphatic heterocycles. The molecule has 9 nitrogen and oxygen atoms in total. The van der Waals surface area contributed by atoms with Crippen molar-refractivity contribution in [2.24, 2.45) is 0 Å². The van der Waals surface area contributed by atoms with E-state index in [1.165, 1.54) is 24.3 Å². The number of amides is 1. The molecule has 1 atom stereocenters. The largest absolute Gasteiger partial charge is 0.508 e. The van der Waals surface area contributed by atoms with E-state index >= 15 is 0 Å². The van der Waals surface area contributed by atoms with Crippen LogP contribution in [0.2, 0.25) is 0 Å². The molecule has 1 amide bonds. The molecule has 2 aliphatic rings. The Hall–Kier alpha value is -6.22. The number of hydrogen-bond acceptors (Lipinski definition) is 7. The molecule has 4 N–H and O–H groups in total. The van der Waals surface area contributed by atoms with Gasteiger partial charge >= 0.3 is 5.97 Å². The summed E-state index contributed by atoms with van der Waals surface area (Å²) in [7, 11) is 1.62. The molecular weight excluding hydrogens is 596 g/mol. The van der Waals surface area contributed by atoms with Gasteiger partial charge < -0.3 is 34.7 Å². The normalized spacial score (nSPS) is 14.4. The molecule has 232 valence electrons. The molecule has 6 aromatic rings. The van der Waals surface area contributed by atoms with Gasteiger partial charge in [-0.15, -0.1) is 0 Å². The lowest BCUT2D eigenvalue weighted by molar-refractivity contribution is 0.0224. The fourth-order valence-corrected chi connectivity index (χ4v) is 6.77. The molecule has 0 fully saturated rings. The minimum atomic E-state index is -1.40. The lowest BCUT2D eigenvalue weighted by atomic mass is 9.77. The standard InChI is InChI=1S/C38H28N2O7/c1-45-25-11-6-21(7-12-25)28(29-20-39-33-5-3-2-4-26(29)33)19-40-36(43)22-8-13-30-27(16-22)37(44)47-38(30)31-14-9-23(41)17-34(31)46-35-18-24(42)10-15-32(35)38/h2-18,20,28,39,41-42H,19H2,1H3,(H,40,43). The third-order valence-corrected chi connectivity index (χ3v) is 9.02. The van der Waals surface area contributed by atoms with E-state index in [1.807, 2.05) is 48.7 Å². The van der Waals surface area contributed by atoms with Gasteiger partial charge in [0.1, 0.15) is 28.7 Å². The summed E-state index contributed by atoms with van der Waals surface area (Å²) in [6.07, 6.45) is 1.97. The monoisotopic (exact) mass is 624 g/mol. The lowest BCUT2D eigenvalue weighted by Crippen LogP contribution is -2.33. The second-order valence-corrected chi connectivity index (χ2v) is 11.6. The van der Waals surface area contributed by atoms with Gasteiger partial charge in [0.05, 0.1) is 12.7 Å². The molecule has 1 spiro atoms. The number of aromatic amines is 1. The molecule has 0 aliphatic carbocycles. The fraction of sp³-hybridized carbons (Fsp3) is 0.105. The number of fused-ring (bicyclic) bond motifs is 7. The first-order chi connectivity index (χ1) is 22.9. The third-order valence-electron chi connectivity index (χ3n) is 9.02. The van der Waals surface area contributed by atoms with Crippen molar-refractivity contribution >= 4 is 22.8 Å². The van der Waals surface area contributed by atoms with Gasteiger partial charge in [0.2, 0.25) is 0 Å². The number of hydrogen-bond donors (Lipinski definition) is 4. The molecule has 1 aromatic heterocycles. The number of ether oxygens (including phenoxy) is 3. The predicted octanol–water partition coefficient (Wildman–Crippen LogP) is 6.72. The molecule has 0 bridgehead atoms. The molecule has 9 heteroatoms. The van der Waals surface area contributed by atoms with Gasteiger partial charge in [-0.25, -0.2) is 4.79 Å². The second-order valence-electron chi connectivity index (χ2n) is 11.6. The Labute approximate surface area is 269 Å². The third kappa shape index (κ3) is 4.46. The van der Waals surface area contributed by atoms with Crippen LogP contribution in [0.25, 0.3) is 10.9 Å². The van der Waals surface area contributed by atoms with Crippen molar-refractivity contribution in [3.63, 3.8) is 0 Å². The Balaban J connectivity index is 1.14. The van der Waals surface area contributed by atoms with Crippen LogP contribution in [0.5, 0.6) is 28.7 Å². The number of H-pyrrole nitrogens is 1. The SMILES string of the molecule is COc1ccc(C(CNC(=O)c2ccc3c(c2)C(=O)OC32c3ccc(O)cc3Oc3cc(O)ccc32)c2c[nH]c3ccccc23)cc1. The van der Waals surface area contributed by atoms with Crippen molar-refractivity contribution in [3.05, 3.63) is 148 Å². The van der Waals surface area contributed by atoms with Gasteiger partial charge in [-0.1, -0.05) is 36.4 Å². The first-order valence-electron chi connectivity index (χ1n) is 15.1. The predicted molar refractivity (Wildman–Crippen MR) is 173 cm³/mol. The summed E-state index contributed by atoms with van der Waals surface area (Å²) in [5.74, 6) is 0.125. The van der Waals surface area contributed by atoms with Crippen molar-refractivity contribution in [3.8, 4) is 28.7 Å². The van der Waals surface area contributed by atoms with Crippen LogP contribution in [0.3, 0.4) is 0 Å². The Bertz CT molecular complexity index is 2170. The lowest BCUT2D eigenvalue weighted by Gasteiger charge is -2.36. The molecular formula is C38H28N2O7. The number of carbonyl (C=O) groups is 2. The smallest absolute Gasteiger partial charge is 0.340 e. The summed E-state index contributed by atoms with van der Waals surface area (Å²) in [5, 5.41) is 24.5. The van der Waals surface area contributed by atoms with Gasteiger partial charge in [-0.2, -0.15) is 0 Å². The summed E-state index contributed by atoms with van der Waals surface area (Å²) in [4.78, 5) is 30.6. The fourth-order valence-electron chi connectivity index (χ4n) is 6.77. The molecule has 0 radical (unpaired) electrons. The highest BCUT2D eigenvalue weighted by atomic mass is 16.6. The highest BCUT2D eigenvalue weighted by molar-refractivity contribution is 6.01. The summed E-state index contributed by atoms with van der Waals surface area (Å²) in [5.41, 5.74) is 3.73. The zero-order chi connectivity index (χ0) is 32.3. The number of aromatic nitrogens is 1. The number of nitrogens with one attached hydrogen (secondary N) is 2. The van der Waals surface area contributed by atoms with Crippen molar-refractivity contribution in [1.82, 2.24) is 10.3 Å². The van der Waals surface area contributed by atoms with Crippen molar-refractivity contribution < 1.29 is 34.0 Å². The number of phenols is 2. The van der Waals surface area contributed by atoms with E-state index in [-0.39, 0.29) is 40.4 Å². The molecule has 47 heavy (non-hydrogen) atoms. The van der Waals surface area contributed by atoms with Gasteiger partial charge in [0, 0.05) is 63.9 Å². The second kappa shape index (κ2) is 10.7. The van der Waals surface area contributed by atoms with E-state index < -0.39 is 11.6 Å². The topological polar surface area (TPSA) is 130 Å². The van der Waals surface area contributed by atoms with Gasteiger partial charge in [0.15, 0.2) is 5.60 Å². The van der Waals surface area contributed by atoms with Crippen LogP contribution in [0, 0.1) is 0 Å². The molecule has 1 unspecified atom stereocenters. The van der Waals surface area contributed by atoms with Crippen molar-refractivity contribution in [2.45, 2.75) is 11.5 Å². The van der Waals surface area contributed by atoms with E-state index in [2.05, 4.69) is 16.4 Å². The Morgan fingerprint density at radius 2 is 1.55 bits per heavy atom. The minimum absolute atomic E-state index is 0.0281. The average Bonchev–Trinajstić information content (AvgIpc) is 3.64. The van der Waals surface area contributed by atoms with Crippen LogP contribution >= 0.6 is 0 Å². The number of aromatic hydroxyl groups is 2. The van der Waals surface area contributed by atoms with Crippen molar-refractivity contribution in [1.29, 1.82) is 0 Å². The van der Waals surface area contributed by atoms with Gasteiger partial charge in [0.25, 0.3) is 5.91 Å². The summed E-state index contributed by atoms with van der Waals surface area (Å²) in [6.45, 7) is 0.295. The molecule has 8 rings (SSSR count). The average molecular weight is 625 g/mol. The summed E-state index contributed by atoms with van der Waals surface area (Å²) < 4.78 is 17.5. The van der Waals surface area contributed by atoms with Crippen LogP contribution in [0.15, 0.2) is 109 Å². The maximum Gasteiger partial charge on any atom is 0.340 e. The Morgan fingerprint density at radius 3 is 2.26 bits per heavy atom. The van der Waals surface area contributed by atoms with Gasteiger partial charge in [-0.05, 0) is 65.7 Å². The maximum atomic E-state index is 13.7. The van der Waals surface area contributed by atoms with Crippen LogP contribution in [-0.2, 0) is 10.3 Å². The van der Waals surface area contributed by atoms with E-state index in [0.29, 0.717) is 28.8 Å². The number of phenolic OH excluding ortho intramolecular Hbond substituents is 2. The summed E-state index contributed by atoms with van der Waals surface area (Å²) in [6, 6.07) is 29.9. The highest BCUT2D eigenvalue weighted by Crippen LogP contribution is 2.57. The summed E-state index contributed by atoms with van der Waals surface area (Å²) >= 11 is 0. The zero-order valence-corrected chi connectivity index (χ0v) is 25.1. The van der Waals surface area contributed by atoms with Gasteiger partial charge in [-0.3, -0.25) is 4.79 Å². The first-order valence-corrected chi connectivity index (χ1v) is 15.1. The van der Waals surface area contributed by atoms with Crippen LogP contribution < -0.4 is 14.8 Å². The number of methoxy groups -OCH3 is 1. The number of rotatable bonds is 6. The van der Waals surface area contributed by atoms with E-state index in [9.17, 15) is 19.8 Å². The van der Waals surface area contributed by atoms with E-state index in [0.717, 1.165) is 27.8 Å².